The molecule has 31 heavy (non-hydrogen) atoms. The quantitative estimate of drug-likeness (QED) is 0.473. The monoisotopic (exact) mass is 447 g/mol. The summed E-state index contributed by atoms with van der Waals surface area (Å²) in [5.74, 6) is -0.793. The number of anilines is 1. The third kappa shape index (κ3) is 5.55. The third-order valence-corrected chi connectivity index (χ3v) is 5.63. The number of thioether (sulfide) groups is 1. The third-order valence-electron chi connectivity index (χ3n) is 4.41. The van der Waals surface area contributed by atoms with Gasteiger partial charge in [0.25, 0.3) is 0 Å². The van der Waals surface area contributed by atoms with Gasteiger partial charge < -0.3 is 14.2 Å². The minimum atomic E-state index is -0.925. The molecule has 2 aromatic carbocycles. The molecule has 0 spiro atoms. The van der Waals surface area contributed by atoms with Gasteiger partial charge in [0, 0.05) is 5.69 Å². The zero-order valence-corrected chi connectivity index (χ0v) is 18.1. The first kappa shape index (κ1) is 22.6. The second-order valence-corrected chi connectivity index (χ2v) is 8.16. The number of aryl methyl sites for hydroxylation is 1. The van der Waals surface area contributed by atoms with E-state index < -0.39 is 18.9 Å². The van der Waals surface area contributed by atoms with Gasteiger partial charge in [-0.2, -0.15) is 0 Å². The smallest absolute Gasteiger partial charge is 0.431 e. The van der Waals surface area contributed by atoms with Gasteiger partial charge in [-0.3, -0.25) is 9.69 Å². The first-order valence-corrected chi connectivity index (χ1v) is 10.6. The molecule has 0 saturated carbocycles. The van der Waals surface area contributed by atoms with E-state index in [0.29, 0.717) is 17.0 Å². The molecule has 0 bridgehead atoms. The Morgan fingerprint density at radius 3 is 2.52 bits per heavy atom. The van der Waals surface area contributed by atoms with Crippen LogP contribution in [0.1, 0.15) is 40.7 Å². The van der Waals surface area contributed by atoms with E-state index in [2.05, 4.69) is 4.74 Å². The first-order chi connectivity index (χ1) is 14.8. The zero-order valence-electron chi connectivity index (χ0n) is 17.3. The van der Waals surface area contributed by atoms with Crippen LogP contribution < -0.4 is 4.90 Å². The summed E-state index contributed by atoms with van der Waals surface area (Å²) >= 11 is 1.45. The number of halogens is 1. The summed E-state index contributed by atoms with van der Waals surface area (Å²) < 4.78 is 27.7. The number of esters is 1. The second kappa shape index (κ2) is 9.82. The van der Waals surface area contributed by atoms with Crippen LogP contribution in [0, 0.1) is 12.7 Å². The number of carbonyl (C=O) groups excluding carboxylic acids is 3. The van der Waals surface area contributed by atoms with E-state index in [1.54, 1.807) is 49.9 Å². The van der Waals surface area contributed by atoms with Crippen LogP contribution in [0.25, 0.3) is 0 Å². The molecular weight excluding hydrogens is 425 g/mol. The molecule has 0 N–H and O–H groups in total. The maximum Gasteiger partial charge on any atom is 0.511 e. The molecule has 1 heterocycles. The van der Waals surface area contributed by atoms with Gasteiger partial charge in [0.2, 0.25) is 12.7 Å². The van der Waals surface area contributed by atoms with Gasteiger partial charge in [-0.15, -0.1) is 11.8 Å². The van der Waals surface area contributed by atoms with E-state index in [0.717, 1.165) is 5.56 Å². The standard InChI is InChI=1S/C22H22FNO6S/c1-13(2)30-22(27)29-12-28-21(26)16-6-9-18(14(3)10-16)24-19(25)11-31-20(24)15-4-7-17(23)8-5-15/h4-10,13,20H,11-12H2,1-3H3. The van der Waals surface area contributed by atoms with Crippen LogP contribution in [0.3, 0.4) is 0 Å². The molecule has 0 aliphatic carbocycles. The fraction of sp³-hybridized carbons (Fsp3) is 0.318. The molecule has 7 nitrogen and oxygen atoms in total. The molecule has 1 fully saturated rings. The topological polar surface area (TPSA) is 82.1 Å². The molecule has 0 radical (unpaired) electrons. The van der Waals surface area contributed by atoms with Crippen molar-refractivity contribution in [1.82, 2.24) is 0 Å². The van der Waals surface area contributed by atoms with Crippen molar-refractivity contribution < 1.29 is 33.0 Å². The molecule has 1 atom stereocenters. The summed E-state index contributed by atoms with van der Waals surface area (Å²) in [6.45, 7) is 4.55. The van der Waals surface area contributed by atoms with Crippen molar-refractivity contribution in [3.8, 4) is 0 Å². The lowest BCUT2D eigenvalue weighted by atomic mass is 10.1. The Labute approximate surface area is 183 Å². The SMILES string of the molecule is Cc1cc(C(=O)OCOC(=O)OC(C)C)ccc1N1C(=O)CSC1c1ccc(F)cc1. The van der Waals surface area contributed by atoms with Crippen LogP contribution in [0.4, 0.5) is 14.9 Å². The molecule has 1 saturated heterocycles. The lowest BCUT2D eigenvalue weighted by Gasteiger charge is -2.26. The Hall–Kier alpha value is -3.07. The Balaban J connectivity index is 1.70. The van der Waals surface area contributed by atoms with Crippen LogP contribution in [0.15, 0.2) is 42.5 Å². The number of nitrogens with zero attached hydrogens (tertiary/aromatic N) is 1. The van der Waals surface area contributed by atoms with Crippen LogP contribution in [0.5, 0.6) is 0 Å². The molecule has 1 aliphatic heterocycles. The number of hydrogen-bond acceptors (Lipinski definition) is 7. The lowest BCUT2D eigenvalue weighted by Crippen LogP contribution is -2.28. The fourth-order valence-corrected chi connectivity index (χ4v) is 4.22. The van der Waals surface area contributed by atoms with Gasteiger partial charge in [0.05, 0.1) is 17.4 Å². The van der Waals surface area contributed by atoms with Crippen molar-refractivity contribution in [2.75, 3.05) is 17.4 Å². The van der Waals surface area contributed by atoms with E-state index in [1.165, 1.54) is 30.0 Å². The summed E-state index contributed by atoms with van der Waals surface area (Å²) in [5.41, 5.74) is 2.40. The van der Waals surface area contributed by atoms with E-state index in [1.807, 2.05) is 0 Å². The van der Waals surface area contributed by atoms with Gasteiger partial charge in [-0.25, -0.2) is 14.0 Å². The lowest BCUT2D eigenvalue weighted by molar-refractivity contribution is -0.115. The summed E-state index contributed by atoms with van der Waals surface area (Å²) in [4.78, 5) is 37.8. The normalized spacial score (nSPS) is 15.8. The maximum absolute atomic E-state index is 13.3. The highest BCUT2D eigenvalue weighted by Gasteiger charge is 2.35. The number of carbonyl (C=O) groups is 3. The highest BCUT2D eigenvalue weighted by molar-refractivity contribution is 8.00. The van der Waals surface area contributed by atoms with Gasteiger partial charge in [0.1, 0.15) is 11.2 Å². The van der Waals surface area contributed by atoms with Crippen molar-refractivity contribution in [2.45, 2.75) is 32.2 Å². The molecule has 2 aromatic rings. The fourth-order valence-electron chi connectivity index (χ4n) is 3.05. The summed E-state index contributed by atoms with van der Waals surface area (Å²) in [5, 5.41) is -0.287. The minimum absolute atomic E-state index is 0.0742. The maximum atomic E-state index is 13.3. The number of rotatable bonds is 6. The molecule has 1 unspecified atom stereocenters. The van der Waals surface area contributed by atoms with Crippen molar-refractivity contribution in [2.24, 2.45) is 0 Å². The van der Waals surface area contributed by atoms with Crippen LogP contribution >= 0.6 is 11.8 Å². The molecule has 1 aliphatic rings. The first-order valence-electron chi connectivity index (χ1n) is 9.56. The van der Waals surface area contributed by atoms with E-state index in [4.69, 9.17) is 9.47 Å². The number of benzene rings is 2. The average Bonchev–Trinajstić information content (AvgIpc) is 3.09. The Bertz CT molecular complexity index is 978. The van der Waals surface area contributed by atoms with Crippen LogP contribution in [0.2, 0.25) is 0 Å². The van der Waals surface area contributed by atoms with Gasteiger partial charge >= 0.3 is 12.1 Å². The Morgan fingerprint density at radius 1 is 1.16 bits per heavy atom. The van der Waals surface area contributed by atoms with Crippen molar-refractivity contribution in [3.05, 3.63) is 65.0 Å². The highest BCUT2D eigenvalue weighted by atomic mass is 32.2. The van der Waals surface area contributed by atoms with Crippen molar-refractivity contribution >= 4 is 35.5 Å². The molecule has 1 amide bonds. The number of amides is 1. The van der Waals surface area contributed by atoms with Gasteiger partial charge in [0.15, 0.2) is 0 Å². The molecule has 164 valence electrons. The number of hydrogen-bond donors (Lipinski definition) is 0. The summed E-state index contributed by atoms with van der Waals surface area (Å²) in [6, 6.07) is 10.8. The Kier molecular flexibility index (Phi) is 7.17. The van der Waals surface area contributed by atoms with Crippen molar-refractivity contribution in [1.29, 1.82) is 0 Å². The van der Waals surface area contributed by atoms with Crippen LogP contribution in [-0.2, 0) is 19.0 Å². The van der Waals surface area contributed by atoms with Crippen LogP contribution in [-0.4, -0.2) is 36.7 Å². The molecule has 9 heteroatoms. The van der Waals surface area contributed by atoms with Crippen molar-refractivity contribution in [3.63, 3.8) is 0 Å². The van der Waals surface area contributed by atoms with E-state index >= 15 is 0 Å². The zero-order chi connectivity index (χ0) is 22.5. The Morgan fingerprint density at radius 2 is 1.87 bits per heavy atom. The predicted molar refractivity (Wildman–Crippen MR) is 113 cm³/mol. The van der Waals surface area contributed by atoms with Gasteiger partial charge in [-0.05, 0) is 62.2 Å². The summed E-state index contributed by atoms with van der Waals surface area (Å²) in [7, 11) is 0. The molecule has 0 aromatic heterocycles. The minimum Gasteiger partial charge on any atom is -0.431 e. The summed E-state index contributed by atoms with van der Waals surface area (Å²) in [6.07, 6.45) is -1.27. The van der Waals surface area contributed by atoms with E-state index in [9.17, 15) is 18.8 Å². The number of ether oxygens (including phenoxy) is 3. The van der Waals surface area contributed by atoms with Gasteiger partial charge in [-0.1, -0.05) is 12.1 Å². The molecular formula is C22H22FNO6S. The average molecular weight is 447 g/mol. The molecule has 3 rings (SSSR count). The largest absolute Gasteiger partial charge is 0.511 e. The highest BCUT2D eigenvalue weighted by Crippen LogP contribution is 2.42. The second-order valence-electron chi connectivity index (χ2n) is 7.09. The predicted octanol–water partition coefficient (Wildman–Crippen LogP) is 4.59. The van der Waals surface area contributed by atoms with E-state index in [-0.39, 0.29) is 28.8 Å².